The van der Waals surface area contributed by atoms with Gasteiger partial charge in [0.05, 0.1) is 4.34 Å². The third-order valence-electron chi connectivity index (χ3n) is 2.64. The first-order valence-electron chi connectivity index (χ1n) is 6.17. The van der Waals surface area contributed by atoms with E-state index in [1.54, 1.807) is 0 Å². The van der Waals surface area contributed by atoms with Crippen LogP contribution in [0, 0.1) is 11.8 Å². The van der Waals surface area contributed by atoms with E-state index in [4.69, 9.17) is 16.7 Å². The average molecular weight is 340 g/mol. The predicted octanol–water partition coefficient (Wildman–Crippen LogP) is 2.82. The largest absolute Gasteiger partial charge is 0.481 e. The Bertz CT molecular complexity index is 554. The first-order valence-corrected chi connectivity index (χ1v) is 8.85. The van der Waals surface area contributed by atoms with Gasteiger partial charge < -0.3 is 5.11 Å². The minimum Gasteiger partial charge on any atom is -0.481 e. The Balaban J connectivity index is 2.68. The number of carboxylic acids is 1. The Morgan fingerprint density at radius 1 is 1.45 bits per heavy atom. The van der Waals surface area contributed by atoms with Crippen LogP contribution in [-0.4, -0.2) is 26.0 Å². The second kappa shape index (κ2) is 7.40. The summed E-state index contributed by atoms with van der Waals surface area (Å²) in [5.41, 5.74) is 0. The summed E-state index contributed by atoms with van der Waals surface area (Å²) >= 11 is 6.69. The molecule has 1 heterocycles. The van der Waals surface area contributed by atoms with Gasteiger partial charge in [0.15, 0.2) is 0 Å². The molecule has 0 aromatic carbocycles. The number of hydrogen-bond acceptors (Lipinski definition) is 4. The van der Waals surface area contributed by atoms with Gasteiger partial charge in [-0.1, -0.05) is 25.4 Å². The fraction of sp³-hybridized carbons (Fsp3) is 0.583. The summed E-state index contributed by atoms with van der Waals surface area (Å²) in [5, 5.41) is 8.85. The lowest BCUT2D eigenvalue weighted by Gasteiger charge is -2.17. The lowest BCUT2D eigenvalue weighted by Crippen LogP contribution is -2.30. The van der Waals surface area contributed by atoms with E-state index >= 15 is 0 Å². The standard InChI is InChI=1S/C12H18ClNO4S2/c1-8(2)5-9(6-11(15)16)7-14-20(17,18)12-4-3-10(13)19-12/h3-4,8-9,14H,5-7H2,1-2H3,(H,15,16). The van der Waals surface area contributed by atoms with Gasteiger partial charge in [0.1, 0.15) is 4.21 Å². The Hall–Kier alpha value is -0.630. The Labute approximate surface area is 128 Å². The highest BCUT2D eigenvalue weighted by Gasteiger charge is 2.21. The maximum Gasteiger partial charge on any atom is 0.303 e. The van der Waals surface area contributed by atoms with Crippen LogP contribution in [0.5, 0.6) is 0 Å². The maximum absolute atomic E-state index is 12.0. The molecule has 0 aliphatic rings. The minimum atomic E-state index is -3.61. The zero-order chi connectivity index (χ0) is 15.3. The SMILES string of the molecule is CC(C)CC(CNS(=O)(=O)c1ccc(Cl)s1)CC(=O)O. The molecule has 8 heteroatoms. The molecule has 0 amide bonds. The van der Waals surface area contributed by atoms with Gasteiger partial charge in [-0.15, -0.1) is 11.3 Å². The number of rotatable bonds is 8. The van der Waals surface area contributed by atoms with Crippen molar-refractivity contribution in [2.45, 2.75) is 30.9 Å². The zero-order valence-electron chi connectivity index (χ0n) is 11.3. The predicted molar refractivity (Wildman–Crippen MR) is 79.7 cm³/mol. The molecule has 0 aliphatic carbocycles. The van der Waals surface area contributed by atoms with E-state index in [0.717, 1.165) is 11.3 Å². The molecule has 20 heavy (non-hydrogen) atoms. The summed E-state index contributed by atoms with van der Waals surface area (Å²) in [6, 6.07) is 2.95. The van der Waals surface area contributed by atoms with Crippen molar-refractivity contribution >= 4 is 38.9 Å². The molecule has 0 aliphatic heterocycles. The smallest absolute Gasteiger partial charge is 0.303 e. The van der Waals surface area contributed by atoms with Crippen LogP contribution in [0.3, 0.4) is 0 Å². The van der Waals surface area contributed by atoms with Crippen molar-refractivity contribution in [3.8, 4) is 0 Å². The lowest BCUT2D eigenvalue weighted by atomic mass is 9.94. The molecule has 0 saturated heterocycles. The Kier molecular flexibility index (Phi) is 6.44. The van der Waals surface area contributed by atoms with Crippen molar-refractivity contribution in [3.05, 3.63) is 16.5 Å². The number of thiophene rings is 1. The van der Waals surface area contributed by atoms with Crippen LogP contribution in [0.1, 0.15) is 26.7 Å². The summed E-state index contributed by atoms with van der Waals surface area (Å²) in [7, 11) is -3.61. The van der Waals surface area contributed by atoms with Crippen LogP contribution in [0.25, 0.3) is 0 Å². The molecule has 2 N–H and O–H groups in total. The van der Waals surface area contributed by atoms with Crippen molar-refractivity contribution in [1.29, 1.82) is 0 Å². The topological polar surface area (TPSA) is 83.5 Å². The summed E-state index contributed by atoms with van der Waals surface area (Å²) < 4.78 is 27.0. The maximum atomic E-state index is 12.0. The molecular formula is C12H18ClNO4S2. The zero-order valence-corrected chi connectivity index (χ0v) is 13.7. The fourth-order valence-corrected chi connectivity index (χ4v) is 4.54. The van der Waals surface area contributed by atoms with Crippen LogP contribution < -0.4 is 4.72 Å². The van der Waals surface area contributed by atoms with E-state index in [1.807, 2.05) is 13.8 Å². The highest BCUT2D eigenvalue weighted by atomic mass is 35.5. The summed E-state index contributed by atoms with van der Waals surface area (Å²) in [4.78, 5) is 10.8. The molecule has 1 atom stereocenters. The van der Waals surface area contributed by atoms with Crippen molar-refractivity contribution in [1.82, 2.24) is 4.72 Å². The van der Waals surface area contributed by atoms with E-state index in [0.29, 0.717) is 16.7 Å². The highest BCUT2D eigenvalue weighted by Crippen LogP contribution is 2.25. The van der Waals surface area contributed by atoms with Gasteiger partial charge in [0.2, 0.25) is 10.0 Å². The van der Waals surface area contributed by atoms with E-state index in [9.17, 15) is 13.2 Å². The first kappa shape index (κ1) is 17.4. The minimum absolute atomic E-state index is 0.0497. The lowest BCUT2D eigenvalue weighted by molar-refractivity contribution is -0.138. The van der Waals surface area contributed by atoms with Crippen molar-refractivity contribution in [3.63, 3.8) is 0 Å². The third-order valence-corrected chi connectivity index (χ3v) is 5.79. The normalized spacial score (nSPS) is 13.6. The second-order valence-corrected chi connectivity index (χ2v) is 8.71. The first-order chi connectivity index (χ1) is 9.20. The molecule has 114 valence electrons. The molecule has 1 rings (SSSR count). The molecule has 0 spiro atoms. The van der Waals surface area contributed by atoms with E-state index in [2.05, 4.69) is 4.72 Å². The molecule has 5 nitrogen and oxygen atoms in total. The molecular weight excluding hydrogens is 322 g/mol. The van der Waals surface area contributed by atoms with Gasteiger partial charge in [0, 0.05) is 13.0 Å². The number of carbonyl (C=O) groups is 1. The van der Waals surface area contributed by atoms with Gasteiger partial charge in [-0.2, -0.15) is 0 Å². The van der Waals surface area contributed by atoms with Crippen LogP contribution >= 0.6 is 22.9 Å². The Morgan fingerprint density at radius 2 is 2.10 bits per heavy atom. The molecule has 0 saturated carbocycles. The number of halogens is 1. The van der Waals surface area contributed by atoms with Crippen LogP contribution in [0.4, 0.5) is 0 Å². The molecule has 1 aromatic rings. The Morgan fingerprint density at radius 3 is 2.55 bits per heavy atom. The van der Waals surface area contributed by atoms with Crippen LogP contribution in [-0.2, 0) is 14.8 Å². The fourth-order valence-electron chi connectivity index (χ4n) is 1.89. The quantitative estimate of drug-likeness (QED) is 0.762. The monoisotopic (exact) mass is 339 g/mol. The van der Waals surface area contributed by atoms with E-state index < -0.39 is 16.0 Å². The van der Waals surface area contributed by atoms with Crippen LogP contribution in [0.15, 0.2) is 16.3 Å². The van der Waals surface area contributed by atoms with Crippen molar-refractivity contribution in [2.24, 2.45) is 11.8 Å². The van der Waals surface area contributed by atoms with Gasteiger partial charge in [-0.05, 0) is 30.4 Å². The van der Waals surface area contributed by atoms with Gasteiger partial charge in [-0.25, -0.2) is 13.1 Å². The van der Waals surface area contributed by atoms with Gasteiger partial charge in [0.25, 0.3) is 0 Å². The number of sulfonamides is 1. The van der Waals surface area contributed by atoms with E-state index in [-0.39, 0.29) is 23.1 Å². The van der Waals surface area contributed by atoms with Gasteiger partial charge in [-0.3, -0.25) is 4.79 Å². The van der Waals surface area contributed by atoms with Crippen LogP contribution in [0.2, 0.25) is 4.34 Å². The highest BCUT2D eigenvalue weighted by molar-refractivity contribution is 7.91. The number of carboxylic acid groups (broad SMARTS) is 1. The molecule has 0 bridgehead atoms. The second-order valence-electron chi connectivity index (χ2n) is 5.00. The van der Waals surface area contributed by atoms with Gasteiger partial charge >= 0.3 is 5.97 Å². The third kappa shape index (κ3) is 5.78. The van der Waals surface area contributed by atoms with E-state index in [1.165, 1.54) is 12.1 Å². The summed E-state index contributed by atoms with van der Waals surface area (Å²) in [6.07, 6.45) is 0.603. The van der Waals surface area contributed by atoms with Crippen molar-refractivity contribution < 1.29 is 18.3 Å². The number of hydrogen-bond donors (Lipinski definition) is 2. The molecule has 1 unspecified atom stereocenters. The summed E-state index contributed by atoms with van der Waals surface area (Å²) in [5.74, 6) is -0.841. The number of aliphatic carboxylic acids is 1. The average Bonchev–Trinajstić information content (AvgIpc) is 2.72. The van der Waals surface area contributed by atoms with Crippen molar-refractivity contribution in [2.75, 3.05) is 6.54 Å². The number of nitrogens with one attached hydrogen (secondary N) is 1. The molecule has 0 fully saturated rings. The summed E-state index contributed by atoms with van der Waals surface area (Å²) in [6.45, 7) is 4.06. The molecule has 0 radical (unpaired) electrons. The molecule has 1 aromatic heterocycles.